The third kappa shape index (κ3) is 4.81. The fraction of sp³-hybridized carbons (Fsp3) is 0.214. The summed E-state index contributed by atoms with van der Waals surface area (Å²) in [6.45, 7) is 3.84. The maximum absolute atomic E-state index is 13.7. The van der Waals surface area contributed by atoms with Crippen molar-refractivity contribution in [2.24, 2.45) is 0 Å². The van der Waals surface area contributed by atoms with Crippen LogP contribution in [0.1, 0.15) is 48.1 Å². The zero-order chi connectivity index (χ0) is 27.1. The Kier molecular flexibility index (Phi) is 6.82. The Balaban J connectivity index is 1.91. The number of ether oxygens (including phenoxy) is 1. The minimum absolute atomic E-state index is 0.00477. The number of hydrogen-bond acceptors (Lipinski definition) is 4. The van der Waals surface area contributed by atoms with E-state index in [9.17, 15) is 32.3 Å². The van der Waals surface area contributed by atoms with Gasteiger partial charge in [0.1, 0.15) is 17.3 Å². The molecule has 9 heteroatoms. The van der Waals surface area contributed by atoms with E-state index in [1.54, 1.807) is 12.1 Å². The van der Waals surface area contributed by atoms with Crippen LogP contribution in [0.3, 0.4) is 0 Å². The SMILES string of the molecule is COc1ccc(/C(O)=C2/C(=O)C(=O)N(c3ccc(C(F)(F)F)cc3)C2c2ccc(F)cc2)cc1C(C)C. The monoisotopic (exact) mass is 513 g/mol. The van der Waals surface area contributed by atoms with Crippen LogP contribution in [0, 0.1) is 5.82 Å². The van der Waals surface area contributed by atoms with Gasteiger partial charge in [0.2, 0.25) is 0 Å². The summed E-state index contributed by atoms with van der Waals surface area (Å²) in [4.78, 5) is 27.4. The van der Waals surface area contributed by atoms with Gasteiger partial charge in [-0.15, -0.1) is 0 Å². The molecular formula is C28H23F4NO4. The highest BCUT2D eigenvalue weighted by atomic mass is 19.4. The number of carbonyl (C=O) groups is 2. The van der Waals surface area contributed by atoms with Gasteiger partial charge in [0.15, 0.2) is 0 Å². The number of halogens is 4. The van der Waals surface area contributed by atoms with Gasteiger partial charge in [-0.1, -0.05) is 26.0 Å². The second-order valence-electron chi connectivity index (χ2n) is 8.88. The van der Waals surface area contributed by atoms with E-state index in [2.05, 4.69) is 0 Å². The molecule has 1 fully saturated rings. The van der Waals surface area contributed by atoms with Crippen LogP contribution < -0.4 is 9.64 Å². The molecule has 1 amide bonds. The smallest absolute Gasteiger partial charge is 0.416 e. The van der Waals surface area contributed by atoms with E-state index in [1.165, 1.54) is 25.3 Å². The van der Waals surface area contributed by atoms with E-state index in [0.717, 1.165) is 46.9 Å². The van der Waals surface area contributed by atoms with Gasteiger partial charge in [-0.25, -0.2) is 4.39 Å². The zero-order valence-electron chi connectivity index (χ0n) is 20.1. The van der Waals surface area contributed by atoms with Crippen LogP contribution in [0.25, 0.3) is 5.76 Å². The molecule has 0 aliphatic carbocycles. The lowest BCUT2D eigenvalue weighted by molar-refractivity contribution is -0.137. The standard InChI is InChI=1S/C28H23F4NO4/c1-15(2)21-14-17(6-13-22(21)37-3)25(34)23-24(16-4-9-19(29)10-5-16)33(27(36)26(23)35)20-11-7-18(8-12-20)28(30,31)32/h4-15,24,34H,1-3H3/b25-23-. The minimum Gasteiger partial charge on any atom is -0.507 e. The van der Waals surface area contributed by atoms with Crippen molar-refractivity contribution in [3.8, 4) is 5.75 Å². The maximum atomic E-state index is 13.7. The number of hydrogen-bond donors (Lipinski definition) is 1. The number of carbonyl (C=O) groups excluding carboxylic acids is 2. The van der Waals surface area contributed by atoms with E-state index >= 15 is 0 Å². The lowest BCUT2D eigenvalue weighted by atomic mass is 9.93. The van der Waals surface area contributed by atoms with Gasteiger partial charge in [-0.2, -0.15) is 13.2 Å². The molecule has 0 saturated carbocycles. The highest BCUT2D eigenvalue weighted by molar-refractivity contribution is 6.51. The summed E-state index contributed by atoms with van der Waals surface area (Å²) in [6, 6.07) is 12.3. The lowest BCUT2D eigenvalue weighted by Gasteiger charge is -2.26. The summed E-state index contributed by atoms with van der Waals surface area (Å²) in [5, 5.41) is 11.3. The average Bonchev–Trinajstić information content (AvgIpc) is 3.13. The molecule has 1 aliphatic heterocycles. The van der Waals surface area contributed by atoms with Crippen molar-refractivity contribution >= 4 is 23.1 Å². The Morgan fingerprint density at radius 1 is 0.973 bits per heavy atom. The number of ketones is 1. The van der Waals surface area contributed by atoms with Gasteiger partial charge >= 0.3 is 6.18 Å². The number of Topliss-reactive ketones (excluding diaryl/α,β-unsaturated/α-hetero) is 1. The van der Waals surface area contributed by atoms with Crippen molar-refractivity contribution < 1.29 is 37.0 Å². The van der Waals surface area contributed by atoms with Crippen LogP contribution >= 0.6 is 0 Å². The summed E-state index contributed by atoms with van der Waals surface area (Å²) in [7, 11) is 1.50. The number of benzene rings is 3. The van der Waals surface area contributed by atoms with Crippen LogP contribution in [-0.2, 0) is 15.8 Å². The Morgan fingerprint density at radius 2 is 1.59 bits per heavy atom. The van der Waals surface area contributed by atoms with E-state index in [0.29, 0.717) is 11.3 Å². The summed E-state index contributed by atoms with van der Waals surface area (Å²) in [5.41, 5.74) is 0.117. The quantitative estimate of drug-likeness (QED) is 0.181. The second-order valence-corrected chi connectivity index (χ2v) is 8.88. The Morgan fingerprint density at radius 3 is 2.14 bits per heavy atom. The van der Waals surface area contributed by atoms with Gasteiger partial charge < -0.3 is 9.84 Å². The third-order valence-corrected chi connectivity index (χ3v) is 6.23. The van der Waals surface area contributed by atoms with Crippen molar-refractivity contribution in [2.45, 2.75) is 32.0 Å². The van der Waals surface area contributed by atoms with Gasteiger partial charge in [-0.05, 0) is 71.6 Å². The van der Waals surface area contributed by atoms with Crippen molar-refractivity contribution in [1.29, 1.82) is 0 Å². The van der Waals surface area contributed by atoms with Gasteiger partial charge in [0.25, 0.3) is 11.7 Å². The van der Waals surface area contributed by atoms with Crippen LogP contribution in [-0.4, -0.2) is 23.9 Å². The van der Waals surface area contributed by atoms with Crippen molar-refractivity contribution in [3.05, 3.63) is 100 Å². The van der Waals surface area contributed by atoms with E-state index in [-0.39, 0.29) is 22.7 Å². The second kappa shape index (κ2) is 9.72. The molecule has 5 nitrogen and oxygen atoms in total. The molecular weight excluding hydrogens is 490 g/mol. The molecule has 3 aromatic carbocycles. The number of amides is 1. The molecule has 37 heavy (non-hydrogen) atoms. The molecule has 1 heterocycles. The summed E-state index contributed by atoms with van der Waals surface area (Å²) < 4.78 is 58.3. The Hall–Kier alpha value is -4.14. The fourth-order valence-electron chi connectivity index (χ4n) is 4.36. The number of aliphatic hydroxyl groups excluding tert-OH is 1. The van der Waals surface area contributed by atoms with Crippen LogP contribution in [0.4, 0.5) is 23.2 Å². The normalized spacial score (nSPS) is 17.5. The maximum Gasteiger partial charge on any atom is 0.416 e. The largest absolute Gasteiger partial charge is 0.507 e. The minimum atomic E-state index is -4.59. The Labute approximate surface area is 210 Å². The first kappa shape index (κ1) is 25.9. The Bertz CT molecular complexity index is 1380. The van der Waals surface area contributed by atoms with Crippen molar-refractivity contribution in [2.75, 3.05) is 12.0 Å². The molecule has 192 valence electrons. The topological polar surface area (TPSA) is 66.8 Å². The van der Waals surface area contributed by atoms with Crippen LogP contribution in [0.15, 0.2) is 72.3 Å². The molecule has 3 aromatic rings. The predicted octanol–water partition coefficient (Wildman–Crippen LogP) is 6.60. The molecule has 0 radical (unpaired) electrons. The number of nitrogens with zero attached hydrogens (tertiary/aromatic N) is 1. The van der Waals surface area contributed by atoms with Crippen LogP contribution in [0.2, 0.25) is 0 Å². The molecule has 0 aromatic heterocycles. The molecule has 0 bridgehead atoms. The summed E-state index contributed by atoms with van der Waals surface area (Å²) in [5.74, 6) is -2.50. The molecule has 1 atom stereocenters. The first-order valence-corrected chi connectivity index (χ1v) is 11.4. The van der Waals surface area contributed by atoms with E-state index < -0.39 is 41.0 Å². The zero-order valence-corrected chi connectivity index (χ0v) is 20.1. The van der Waals surface area contributed by atoms with Gasteiger partial charge in [0.05, 0.1) is 24.3 Å². The average molecular weight is 513 g/mol. The predicted molar refractivity (Wildman–Crippen MR) is 130 cm³/mol. The van der Waals surface area contributed by atoms with Gasteiger partial charge in [0, 0.05) is 11.3 Å². The van der Waals surface area contributed by atoms with Crippen LogP contribution in [0.5, 0.6) is 5.75 Å². The van der Waals surface area contributed by atoms with Gasteiger partial charge in [-0.3, -0.25) is 14.5 Å². The van der Waals surface area contributed by atoms with E-state index in [4.69, 9.17) is 4.74 Å². The number of aliphatic hydroxyl groups is 1. The first-order valence-electron chi connectivity index (χ1n) is 11.4. The summed E-state index contributed by atoms with van der Waals surface area (Å²) >= 11 is 0. The number of rotatable bonds is 5. The molecule has 4 rings (SSSR count). The molecule has 1 aliphatic rings. The van der Waals surface area contributed by atoms with E-state index in [1.807, 2.05) is 13.8 Å². The highest BCUT2D eigenvalue weighted by Gasteiger charge is 2.47. The highest BCUT2D eigenvalue weighted by Crippen LogP contribution is 2.43. The molecule has 0 spiro atoms. The lowest BCUT2D eigenvalue weighted by Crippen LogP contribution is -2.29. The number of alkyl halides is 3. The summed E-state index contributed by atoms with van der Waals surface area (Å²) in [6.07, 6.45) is -4.59. The molecule has 1 unspecified atom stereocenters. The number of methoxy groups -OCH3 is 1. The van der Waals surface area contributed by atoms with Crippen molar-refractivity contribution in [1.82, 2.24) is 0 Å². The molecule has 1 saturated heterocycles. The first-order chi connectivity index (χ1) is 17.4. The third-order valence-electron chi connectivity index (χ3n) is 6.23. The fourth-order valence-corrected chi connectivity index (χ4v) is 4.36. The molecule has 1 N–H and O–H groups in total. The number of anilines is 1. The van der Waals surface area contributed by atoms with Crippen molar-refractivity contribution in [3.63, 3.8) is 0 Å².